The van der Waals surface area contributed by atoms with E-state index >= 15 is 0 Å². The van der Waals surface area contributed by atoms with Crippen LogP contribution in [0, 0.1) is 10.1 Å². The Morgan fingerprint density at radius 2 is 2.00 bits per heavy atom. The predicted molar refractivity (Wildman–Crippen MR) is 63.1 cm³/mol. The number of nitrogens with zero attached hydrogens (tertiary/aromatic N) is 1. The van der Waals surface area contributed by atoms with Gasteiger partial charge in [0.1, 0.15) is 0 Å². The van der Waals surface area contributed by atoms with E-state index in [1.165, 1.54) is 6.92 Å². The summed E-state index contributed by atoms with van der Waals surface area (Å²) in [6.45, 7) is 2.63. The molecule has 1 aromatic carbocycles. The summed E-state index contributed by atoms with van der Waals surface area (Å²) in [6.07, 6.45) is 0.142. The Morgan fingerprint density at radius 1 is 1.39 bits per heavy atom. The monoisotopic (exact) mass is 253 g/mol. The number of carbonyl (C=O) groups is 1. The standard InChI is InChI=1S/C12H15NO5/c1-3-11(14)17-18-12(2,9-13(15)16)10-7-5-4-6-8-10/h4-8H,3,9H2,1-2H3. The van der Waals surface area contributed by atoms with Gasteiger partial charge in [-0.05, 0) is 12.5 Å². The predicted octanol–water partition coefficient (Wildman–Crippen LogP) is 2.06. The van der Waals surface area contributed by atoms with Crippen molar-refractivity contribution in [2.24, 2.45) is 0 Å². The Morgan fingerprint density at radius 3 is 2.50 bits per heavy atom. The number of hydrogen-bond acceptors (Lipinski definition) is 5. The number of benzene rings is 1. The Kier molecular flexibility index (Phi) is 4.79. The van der Waals surface area contributed by atoms with Gasteiger partial charge < -0.3 is 0 Å². The van der Waals surface area contributed by atoms with Gasteiger partial charge in [-0.15, -0.1) is 0 Å². The smallest absolute Gasteiger partial charge is 0.297 e. The second kappa shape index (κ2) is 6.11. The summed E-state index contributed by atoms with van der Waals surface area (Å²) in [5.74, 6) is -0.569. The summed E-state index contributed by atoms with van der Waals surface area (Å²) in [7, 11) is 0. The van der Waals surface area contributed by atoms with E-state index in [2.05, 4.69) is 4.89 Å². The summed E-state index contributed by atoms with van der Waals surface area (Å²) in [5.41, 5.74) is -0.721. The highest BCUT2D eigenvalue weighted by Gasteiger charge is 2.36. The fraction of sp³-hybridized carbons (Fsp3) is 0.417. The lowest BCUT2D eigenvalue weighted by Crippen LogP contribution is -2.35. The minimum Gasteiger partial charge on any atom is -0.297 e. The first-order valence-corrected chi connectivity index (χ1v) is 5.54. The van der Waals surface area contributed by atoms with Crippen molar-refractivity contribution in [3.8, 4) is 0 Å². The zero-order valence-electron chi connectivity index (χ0n) is 10.3. The third-order valence-electron chi connectivity index (χ3n) is 2.42. The van der Waals surface area contributed by atoms with E-state index in [0.29, 0.717) is 5.56 Å². The molecule has 6 heteroatoms. The molecule has 0 saturated heterocycles. The lowest BCUT2D eigenvalue weighted by atomic mass is 9.96. The van der Waals surface area contributed by atoms with E-state index in [0.717, 1.165) is 0 Å². The van der Waals surface area contributed by atoms with Gasteiger partial charge in [-0.25, -0.2) is 4.79 Å². The Hall–Kier alpha value is -1.95. The van der Waals surface area contributed by atoms with Gasteiger partial charge >= 0.3 is 5.97 Å². The lowest BCUT2D eigenvalue weighted by Gasteiger charge is -2.23. The first kappa shape index (κ1) is 14.1. The molecule has 18 heavy (non-hydrogen) atoms. The van der Waals surface area contributed by atoms with Crippen LogP contribution in [-0.2, 0) is 20.2 Å². The maximum Gasteiger partial charge on any atom is 0.342 e. The molecule has 1 rings (SSSR count). The molecule has 0 heterocycles. The average Bonchev–Trinajstić information content (AvgIpc) is 2.36. The molecule has 1 aromatic rings. The van der Waals surface area contributed by atoms with Gasteiger partial charge in [0.05, 0.1) is 0 Å². The Bertz CT molecular complexity index is 420. The molecule has 0 amide bonds. The molecule has 0 aliphatic rings. The zero-order chi connectivity index (χ0) is 13.6. The number of nitro groups is 1. The van der Waals surface area contributed by atoms with Crippen molar-refractivity contribution in [1.29, 1.82) is 0 Å². The van der Waals surface area contributed by atoms with E-state index in [1.54, 1.807) is 37.3 Å². The molecular formula is C12H15NO5. The maximum absolute atomic E-state index is 11.1. The average molecular weight is 253 g/mol. The molecular weight excluding hydrogens is 238 g/mol. The highest BCUT2D eigenvalue weighted by Crippen LogP contribution is 2.26. The summed E-state index contributed by atoms with van der Waals surface area (Å²) < 4.78 is 0. The topological polar surface area (TPSA) is 78.7 Å². The Balaban J connectivity index is 2.88. The third kappa shape index (κ3) is 3.81. The normalized spacial score (nSPS) is 13.7. The Labute approximate surface area is 105 Å². The van der Waals surface area contributed by atoms with Crippen molar-refractivity contribution in [2.75, 3.05) is 6.54 Å². The van der Waals surface area contributed by atoms with Gasteiger partial charge in [-0.1, -0.05) is 37.3 Å². The summed E-state index contributed by atoms with van der Waals surface area (Å²) in [6, 6.07) is 8.62. The first-order valence-electron chi connectivity index (χ1n) is 5.54. The number of rotatable bonds is 6. The summed E-state index contributed by atoms with van der Waals surface area (Å²) in [4.78, 5) is 30.8. The molecule has 0 aliphatic carbocycles. The van der Waals surface area contributed by atoms with Crippen LogP contribution < -0.4 is 0 Å². The molecule has 6 nitrogen and oxygen atoms in total. The van der Waals surface area contributed by atoms with E-state index in [4.69, 9.17) is 4.89 Å². The van der Waals surface area contributed by atoms with Gasteiger partial charge in [0.25, 0.3) is 0 Å². The largest absolute Gasteiger partial charge is 0.342 e. The molecule has 1 atom stereocenters. The van der Waals surface area contributed by atoms with Gasteiger partial charge in [0, 0.05) is 11.3 Å². The van der Waals surface area contributed by atoms with E-state index in [-0.39, 0.29) is 6.42 Å². The van der Waals surface area contributed by atoms with E-state index < -0.39 is 23.0 Å². The molecule has 0 fully saturated rings. The van der Waals surface area contributed by atoms with Crippen LogP contribution >= 0.6 is 0 Å². The third-order valence-corrected chi connectivity index (χ3v) is 2.42. The molecule has 0 spiro atoms. The van der Waals surface area contributed by atoms with Gasteiger partial charge in [-0.3, -0.25) is 15.0 Å². The van der Waals surface area contributed by atoms with E-state index in [9.17, 15) is 14.9 Å². The zero-order valence-corrected chi connectivity index (χ0v) is 10.3. The molecule has 0 radical (unpaired) electrons. The lowest BCUT2D eigenvalue weighted by molar-refractivity contribution is -0.520. The molecule has 1 unspecified atom stereocenters. The van der Waals surface area contributed by atoms with Crippen molar-refractivity contribution < 1.29 is 19.5 Å². The highest BCUT2D eigenvalue weighted by atomic mass is 17.2. The van der Waals surface area contributed by atoms with Crippen LogP contribution in [0.2, 0.25) is 0 Å². The molecule has 0 bridgehead atoms. The van der Waals surface area contributed by atoms with Crippen molar-refractivity contribution in [3.63, 3.8) is 0 Å². The van der Waals surface area contributed by atoms with Gasteiger partial charge in [0.15, 0.2) is 0 Å². The minimum absolute atomic E-state index is 0.142. The number of hydrogen-bond donors (Lipinski definition) is 0. The van der Waals surface area contributed by atoms with Gasteiger partial charge in [0.2, 0.25) is 12.1 Å². The minimum atomic E-state index is -1.30. The van der Waals surface area contributed by atoms with Crippen molar-refractivity contribution >= 4 is 5.97 Å². The molecule has 98 valence electrons. The van der Waals surface area contributed by atoms with Crippen LogP contribution in [0.4, 0.5) is 0 Å². The maximum atomic E-state index is 11.1. The number of carbonyl (C=O) groups excluding carboxylic acids is 1. The first-order chi connectivity index (χ1) is 8.48. The van der Waals surface area contributed by atoms with Crippen LogP contribution in [0.25, 0.3) is 0 Å². The molecule has 0 N–H and O–H groups in total. The molecule has 0 aliphatic heterocycles. The van der Waals surface area contributed by atoms with Crippen LogP contribution in [0.5, 0.6) is 0 Å². The van der Waals surface area contributed by atoms with E-state index in [1.807, 2.05) is 0 Å². The SMILES string of the molecule is CCC(=O)OOC(C)(C[N+](=O)[O-])c1ccccc1. The van der Waals surface area contributed by atoms with Crippen molar-refractivity contribution in [3.05, 3.63) is 46.0 Å². The highest BCUT2D eigenvalue weighted by molar-refractivity contribution is 5.68. The quantitative estimate of drug-likeness (QED) is 0.440. The molecule has 0 saturated carbocycles. The second-order valence-corrected chi connectivity index (χ2v) is 3.98. The fourth-order valence-electron chi connectivity index (χ4n) is 1.40. The summed E-state index contributed by atoms with van der Waals surface area (Å²) >= 11 is 0. The summed E-state index contributed by atoms with van der Waals surface area (Å²) in [5, 5.41) is 10.7. The van der Waals surface area contributed by atoms with Gasteiger partial charge in [-0.2, -0.15) is 4.89 Å². The van der Waals surface area contributed by atoms with Crippen LogP contribution in [0.15, 0.2) is 30.3 Å². The fourth-order valence-corrected chi connectivity index (χ4v) is 1.40. The van der Waals surface area contributed by atoms with Crippen LogP contribution in [0.1, 0.15) is 25.8 Å². The van der Waals surface area contributed by atoms with Crippen molar-refractivity contribution in [1.82, 2.24) is 0 Å². The van der Waals surface area contributed by atoms with Crippen LogP contribution in [-0.4, -0.2) is 17.4 Å². The molecule has 0 aromatic heterocycles. The van der Waals surface area contributed by atoms with Crippen molar-refractivity contribution in [2.45, 2.75) is 25.9 Å². The van der Waals surface area contributed by atoms with Crippen LogP contribution in [0.3, 0.4) is 0 Å². The second-order valence-electron chi connectivity index (χ2n) is 3.98.